The van der Waals surface area contributed by atoms with Crippen molar-refractivity contribution < 1.29 is 27.4 Å². The highest BCUT2D eigenvalue weighted by molar-refractivity contribution is 7.85. The summed E-state index contributed by atoms with van der Waals surface area (Å²) in [6.45, 7) is 16.6. The molecule has 1 aromatic heterocycles. The molecular formula is C42H50N4O5S+2. The van der Waals surface area contributed by atoms with Crippen molar-refractivity contribution in [3.05, 3.63) is 117 Å². The maximum absolute atomic E-state index is 11.7. The summed E-state index contributed by atoms with van der Waals surface area (Å²) in [6.07, 6.45) is 9.10. The number of likely N-dealkylation sites (N-methyl/N-ethyl adjacent to an activating group) is 1. The van der Waals surface area contributed by atoms with Gasteiger partial charge in [-0.25, -0.2) is 13.7 Å². The summed E-state index contributed by atoms with van der Waals surface area (Å²) in [7, 11) is -2.18. The molecule has 2 N–H and O–H groups in total. The molecule has 2 aliphatic heterocycles. The predicted octanol–water partition coefficient (Wildman–Crippen LogP) is 4.97. The first-order chi connectivity index (χ1) is 24.5. The molecule has 0 saturated heterocycles. The summed E-state index contributed by atoms with van der Waals surface area (Å²) in [5, 5.41) is 11.8. The first-order valence-electron chi connectivity index (χ1n) is 18.3. The summed E-state index contributed by atoms with van der Waals surface area (Å²) in [4.78, 5) is 13.9. The SMILES string of the molecule is CCN1c2cc3c(cc2C(C)=CC1(C)C)C(c1n(CCCC(=O)O)cc[n+]1C)=c1cc2c(cc1C3(C)C)=[N+](Cc1ccc(S(=O)(=O)O)cc1)CCC2. The Morgan fingerprint density at radius 1 is 1.00 bits per heavy atom. The largest absolute Gasteiger partial charge is 0.481 e. The number of anilines is 1. The van der Waals surface area contributed by atoms with Crippen LogP contribution in [0.5, 0.6) is 0 Å². The molecule has 272 valence electrons. The molecule has 3 aliphatic rings. The quantitative estimate of drug-likeness (QED) is 0.187. The summed E-state index contributed by atoms with van der Waals surface area (Å²) in [5.74, 6) is 0.267. The van der Waals surface area contributed by atoms with Crippen LogP contribution in [0.25, 0.3) is 11.1 Å². The van der Waals surface area contributed by atoms with E-state index in [1.54, 1.807) is 12.1 Å². The second-order valence-electron chi connectivity index (χ2n) is 15.7. The number of imidazole rings is 1. The molecule has 9 nitrogen and oxygen atoms in total. The van der Waals surface area contributed by atoms with Crippen molar-refractivity contribution in [1.29, 1.82) is 0 Å². The number of aliphatic carboxylic acids is 1. The number of benzene rings is 3. The van der Waals surface area contributed by atoms with Crippen LogP contribution in [0.3, 0.4) is 0 Å². The van der Waals surface area contributed by atoms with Crippen molar-refractivity contribution in [2.24, 2.45) is 7.05 Å². The molecule has 0 bridgehead atoms. The van der Waals surface area contributed by atoms with Gasteiger partial charge in [-0.3, -0.25) is 9.35 Å². The fraction of sp³-hybridized carbons (Fsp3) is 0.405. The lowest BCUT2D eigenvalue weighted by atomic mass is 9.68. The Hall–Kier alpha value is -4.54. The van der Waals surface area contributed by atoms with E-state index in [2.05, 4.69) is 110 Å². The van der Waals surface area contributed by atoms with Crippen molar-refractivity contribution in [2.45, 2.75) is 96.2 Å². The molecule has 3 heterocycles. The van der Waals surface area contributed by atoms with Gasteiger partial charge in [0.25, 0.3) is 15.9 Å². The number of fused-ring (bicyclic) bond motifs is 4. The average molecular weight is 723 g/mol. The molecule has 0 fully saturated rings. The van der Waals surface area contributed by atoms with Crippen LogP contribution in [0.4, 0.5) is 5.69 Å². The number of carbonyl (C=O) groups is 1. The average Bonchev–Trinajstić information content (AvgIpc) is 3.43. The Balaban J connectivity index is 1.51. The summed E-state index contributed by atoms with van der Waals surface area (Å²) in [5.41, 5.74) is 10.4. The fourth-order valence-electron chi connectivity index (χ4n) is 8.97. The topological polar surface area (TPSA) is 107 Å². The normalized spacial score (nSPS) is 17.2. The molecule has 10 heteroatoms. The van der Waals surface area contributed by atoms with E-state index in [1.807, 2.05) is 0 Å². The number of aryl methyl sites for hydroxylation is 3. The highest BCUT2D eigenvalue weighted by Crippen LogP contribution is 2.47. The third kappa shape index (κ3) is 6.09. The lowest BCUT2D eigenvalue weighted by Gasteiger charge is -2.44. The smallest absolute Gasteiger partial charge is 0.303 e. The Morgan fingerprint density at radius 3 is 2.40 bits per heavy atom. The highest BCUT2D eigenvalue weighted by Gasteiger charge is 2.41. The van der Waals surface area contributed by atoms with Crippen molar-refractivity contribution >= 4 is 32.9 Å². The van der Waals surface area contributed by atoms with Gasteiger partial charge in [0.2, 0.25) is 5.36 Å². The van der Waals surface area contributed by atoms with Crippen LogP contribution >= 0.6 is 0 Å². The molecule has 4 aromatic rings. The van der Waals surface area contributed by atoms with E-state index in [0.717, 1.165) is 42.9 Å². The van der Waals surface area contributed by atoms with Crippen LogP contribution in [0.2, 0.25) is 0 Å². The Bertz CT molecular complexity index is 2400. The second-order valence-corrected chi connectivity index (χ2v) is 17.2. The highest BCUT2D eigenvalue weighted by atomic mass is 32.2. The zero-order valence-electron chi connectivity index (χ0n) is 31.3. The molecule has 0 radical (unpaired) electrons. The minimum atomic E-state index is -4.26. The number of rotatable bonds is 9. The van der Waals surface area contributed by atoms with E-state index in [-0.39, 0.29) is 22.3 Å². The van der Waals surface area contributed by atoms with Crippen molar-refractivity contribution in [2.75, 3.05) is 18.0 Å². The van der Waals surface area contributed by atoms with Gasteiger partial charge in [-0.05, 0) is 98.4 Å². The zero-order valence-corrected chi connectivity index (χ0v) is 32.1. The molecule has 0 spiro atoms. The van der Waals surface area contributed by atoms with E-state index in [9.17, 15) is 22.9 Å². The minimum absolute atomic E-state index is 0.105. The molecule has 0 saturated carbocycles. The third-order valence-electron chi connectivity index (χ3n) is 11.4. The number of hydrogen-bond donors (Lipinski definition) is 2. The number of carboxylic acid groups (broad SMARTS) is 1. The minimum Gasteiger partial charge on any atom is -0.481 e. The van der Waals surface area contributed by atoms with Gasteiger partial charge in [0.15, 0.2) is 6.54 Å². The first kappa shape index (κ1) is 35.8. The van der Waals surface area contributed by atoms with Gasteiger partial charge in [0.1, 0.15) is 18.9 Å². The molecule has 0 amide bonds. The van der Waals surface area contributed by atoms with E-state index in [4.69, 9.17) is 0 Å². The third-order valence-corrected chi connectivity index (χ3v) is 12.3. The van der Waals surface area contributed by atoms with Crippen molar-refractivity contribution in [3.63, 3.8) is 0 Å². The predicted molar refractivity (Wildman–Crippen MR) is 203 cm³/mol. The first-order valence-corrected chi connectivity index (χ1v) is 19.7. The summed E-state index contributed by atoms with van der Waals surface area (Å²) in [6, 6.07) is 16.1. The van der Waals surface area contributed by atoms with Crippen LogP contribution < -0.4 is 24.6 Å². The fourth-order valence-corrected chi connectivity index (χ4v) is 9.45. The van der Waals surface area contributed by atoms with Gasteiger partial charge >= 0.3 is 5.97 Å². The maximum Gasteiger partial charge on any atom is 0.303 e. The van der Waals surface area contributed by atoms with Gasteiger partial charge in [0, 0.05) is 53.2 Å². The number of nitrogens with zero attached hydrogens (tertiary/aromatic N) is 4. The second kappa shape index (κ2) is 12.8. The summed E-state index contributed by atoms with van der Waals surface area (Å²) >= 11 is 0. The molecule has 52 heavy (non-hydrogen) atoms. The molecule has 7 rings (SSSR count). The lowest BCUT2D eigenvalue weighted by molar-refractivity contribution is -0.673. The molecule has 3 aromatic carbocycles. The molecule has 0 atom stereocenters. The Labute approximate surface area is 306 Å². The van der Waals surface area contributed by atoms with Crippen LogP contribution in [-0.2, 0) is 46.9 Å². The van der Waals surface area contributed by atoms with Crippen LogP contribution in [0.1, 0.15) is 100 Å². The van der Waals surface area contributed by atoms with E-state index in [1.165, 1.54) is 61.8 Å². The maximum atomic E-state index is 11.7. The van der Waals surface area contributed by atoms with E-state index >= 15 is 0 Å². The van der Waals surface area contributed by atoms with E-state index < -0.39 is 16.1 Å². The molecule has 0 unspecified atom stereocenters. The molecule has 1 aliphatic carbocycles. The number of carboxylic acids is 1. The van der Waals surface area contributed by atoms with Crippen LogP contribution in [-0.4, -0.2) is 47.2 Å². The van der Waals surface area contributed by atoms with Gasteiger partial charge in [-0.1, -0.05) is 32.1 Å². The van der Waals surface area contributed by atoms with Gasteiger partial charge in [0.05, 0.1) is 29.6 Å². The Morgan fingerprint density at radius 2 is 1.73 bits per heavy atom. The van der Waals surface area contributed by atoms with E-state index in [0.29, 0.717) is 19.5 Å². The number of aromatic nitrogens is 2. The monoisotopic (exact) mass is 722 g/mol. The summed E-state index contributed by atoms with van der Waals surface area (Å²) < 4.78 is 39.7. The van der Waals surface area contributed by atoms with Crippen LogP contribution in [0, 0.1) is 0 Å². The Kier molecular flexibility index (Phi) is 8.85. The number of hydrogen-bond acceptors (Lipinski definition) is 4. The molecular weight excluding hydrogens is 673 g/mol. The number of allylic oxidation sites excluding steroid dienone is 1. The zero-order chi connectivity index (χ0) is 37.3. The van der Waals surface area contributed by atoms with Gasteiger partial charge in [-0.2, -0.15) is 8.42 Å². The van der Waals surface area contributed by atoms with Gasteiger partial charge < -0.3 is 10.0 Å². The van der Waals surface area contributed by atoms with Crippen molar-refractivity contribution in [3.8, 4) is 0 Å². The van der Waals surface area contributed by atoms with Crippen molar-refractivity contribution in [1.82, 2.24) is 9.14 Å². The van der Waals surface area contributed by atoms with Crippen LogP contribution in [0.15, 0.2) is 71.9 Å². The lowest BCUT2D eigenvalue weighted by Crippen LogP contribution is -2.46. The van der Waals surface area contributed by atoms with Gasteiger partial charge in [-0.15, -0.1) is 0 Å². The standard InChI is InChI=1S/C42H48N4O5S/c1-8-46-37-24-35-33(22-31(37)27(2)25-41(46,3)4)39(40-43(7)19-20-44(40)17-10-12-38(47)48)32-21-29-11-9-18-45(36(29)23-34(32)42(35,5)6)26-28-13-15-30(16-14-28)52(49,50)51/h13-16,19-25H,8-12,17-18,26H2,1-7H3/p+2.